The fourth-order valence-corrected chi connectivity index (χ4v) is 5.13. The van der Waals surface area contributed by atoms with Gasteiger partial charge in [-0.25, -0.2) is 0 Å². The highest BCUT2D eigenvalue weighted by molar-refractivity contribution is 5.85. The van der Waals surface area contributed by atoms with Crippen LogP contribution in [0.2, 0.25) is 0 Å². The SMILES string of the molecule is Cl.Cl.NC1CC2CCCC(C1)C2NC(=O)C1CN(Cc2ccccc2)CCO1. The molecule has 3 aliphatic rings. The average molecular weight is 430 g/mol. The van der Waals surface area contributed by atoms with Gasteiger partial charge in [-0.15, -0.1) is 24.8 Å². The van der Waals surface area contributed by atoms with Crippen LogP contribution in [0.15, 0.2) is 30.3 Å². The van der Waals surface area contributed by atoms with Crippen LogP contribution in [0, 0.1) is 11.8 Å². The van der Waals surface area contributed by atoms with E-state index < -0.39 is 0 Å². The van der Waals surface area contributed by atoms with Gasteiger partial charge in [0.05, 0.1) is 6.61 Å². The average Bonchev–Trinajstić information content (AvgIpc) is 2.63. The Morgan fingerprint density at radius 3 is 2.50 bits per heavy atom. The van der Waals surface area contributed by atoms with Crippen molar-refractivity contribution in [3.8, 4) is 0 Å². The molecule has 28 heavy (non-hydrogen) atoms. The van der Waals surface area contributed by atoms with Gasteiger partial charge in [-0.05, 0) is 43.1 Å². The number of hydrogen-bond donors (Lipinski definition) is 2. The highest BCUT2D eigenvalue weighted by Gasteiger charge is 2.41. The molecule has 0 radical (unpaired) electrons. The minimum atomic E-state index is -0.358. The lowest BCUT2D eigenvalue weighted by molar-refractivity contribution is -0.141. The van der Waals surface area contributed by atoms with Crippen LogP contribution in [0.25, 0.3) is 0 Å². The number of hydrogen-bond acceptors (Lipinski definition) is 4. The molecule has 0 spiro atoms. The maximum atomic E-state index is 12.9. The number of benzene rings is 1. The number of nitrogens with zero attached hydrogens (tertiary/aromatic N) is 1. The quantitative estimate of drug-likeness (QED) is 0.771. The Morgan fingerprint density at radius 1 is 1.14 bits per heavy atom. The van der Waals surface area contributed by atoms with Crippen LogP contribution < -0.4 is 11.1 Å². The number of halogens is 2. The lowest BCUT2D eigenvalue weighted by atomic mass is 9.67. The number of nitrogens with one attached hydrogen (secondary N) is 1. The van der Waals surface area contributed by atoms with Gasteiger partial charge >= 0.3 is 0 Å². The van der Waals surface area contributed by atoms with Crippen molar-refractivity contribution in [2.45, 2.75) is 56.8 Å². The molecular formula is C21H33Cl2N3O2. The van der Waals surface area contributed by atoms with E-state index in [2.05, 4.69) is 34.5 Å². The summed E-state index contributed by atoms with van der Waals surface area (Å²) in [5.74, 6) is 1.16. The Morgan fingerprint density at radius 2 is 1.82 bits per heavy atom. The van der Waals surface area contributed by atoms with E-state index in [0.717, 1.165) is 25.9 Å². The van der Waals surface area contributed by atoms with Crippen molar-refractivity contribution in [1.82, 2.24) is 10.2 Å². The Labute approximate surface area is 180 Å². The first-order valence-electron chi connectivity index (χ1n) is 10.1. The summed E-state index contributed by atoms with van der Waals surface area (Å²) in [6, 6.07) is 11.0. The summed E-state index contributed by atoms with van der Waals surface area (Å²) < 4.78 is 5.81. The second-order valence-electron chi connectivity index (χ2n) is 8.30. The van der Waals surface area contributed by atoms with Gasteiger partial charge in [0, 0.05) is 31.7 Å². The van der Waals surface area contributed by atoms with E-state index in [9.17, 15) is 4.79 Å². The van der Waals surface area contributed by atoms with Crippen LogP contribution in [-0.2, 0) is 16.1 Å². The number of carbonyl (C=O) groups is 1. The van der Waals surface area contributed by atoms with Crippen LogP contribution in [0.1, 0.15) is 37.7 Å². The number of nitrogens with two attached hydrogens (primary N) is 1. The molecule has 158 valence electrons. The Balaban J connectivity index is 0.00000140. The van der Waals surface area contributed by atoms with E-state index in [0.29, 0.717) is 37.1 Å². The van der Waals surface area contributed by atoms with E-state index in [1.165, 1.54) is 24.8 Å². The van der Waals surface area contributed by atoms with E-state index in [4.69, 9.17) is 10.5 Å². The molecule has 1 amide bonds. The predicted octanol–water partition coefficient (Wildman–Crippen LogP) is 2.75. The summed E-state index contributed by atoms with van der Waals surface area (Å²) >= 11 is 0. The predicted molar refractivity (Wildman–Crippen MR) is 116 cm³/mol. The second-order valence-corrected chi connectivity index (χ2v) is 8.30. The standard InChI is InChI=1S/C21H31N3O2.2ClH/c22-18-11-16-7-4-8-17(12-18)20(16)23-21(25)19-14-24(9-10-26-19)13-15-5-2-1-3-6-15;;/h1-3,5-6,16-20H,4,7-14,22H2,(H,23,25);2*1H. The highest BCUT2D eigenvalue weighted by atomic mass is 35.5. The third-order valence-corrected chi connectivity index (χ3v) is 6.38. The van der Waals surface area contributed by atoms with Gasteiger partial charge in [0.25, 0.3) is 5.91 Å². The first-order chi connectivity index (χ1) is 12.7. The van der Waals surface area contributed by atoms with Crippen molar-refractivity contribution in [2.24, 2.45) is 17.6 Å². The number of amides is 1. The number of fused-ring (bicyclic) bond motifs is 2. The van der Waals surface area contributed by atoms with Crippen LogP contribution in [0.4, 0.5) is 0 Å². The zero-order valence-electron chi connectivity index (χ0n) is 16.3. The fourth-order valence-electron chi connectivity index (χ4n) is 5.13. The minimum absolute atomic E-state index is 0. The fraction of sp³-hybridized carbons (Fsp3) is 0.667. The zero-order chi connectivity index (χ0) is 17.9. The van der Waals surface area contributed by atoms with Gasteiger partial charge < -0.3 is 15.8 Å². The molecule has 1 aliphatic heterocycles. The molecule has 2 bridgehead atoms. The lowest BCUT2D eigenvalue weighted by Crippen LogP contribution is -2.58. The molecule has 1 heterocycles. The Bertz CT molecular complexity index is 605. The molecular weight excluding hydrogens is 397 g/mol. The topological polar surface area (TPSA) is 67.6 Å². The van der Waals surface area contributed by atoms with Gasteiger partial charge in [0.1, 0.15) is 6.10 Å². The Kier molecular flexibility index (Phi) is 9.03. The summed E-state index contributed by atoms with van der Waals surface area (Å²) in [6.45, 7) is 3.04. The molecule has 4 rings (SSSR count). The van der Waals surface area contributed by atoms with Gasteiger partial charge in [-0.1, -0.05) is 36.8 Å². The normalized spacial score (nSPS) is 32.5. The smallest absolute Gasteiger partial charge is 0.250 e. The van der Waals surface area contributed by atoms with Crippen LogP contribution >= 0.6 is 24.8 Å². The molecule has 3 atom stereocenters. The summed E-state index contributed by atoms with van der Waals surface area (Å²) in [5, 5.41) is 3.35. The van der Waals surface area contributed by atoms with Crippen molar-refractivity contribution >= 4 is 30.7 Å². The van der Waals surface area contributed by atoms with Crippen molar-refractivity contribution in [1.29, 1.82) is 0 Å². The second kappa shape index (κ2) is 10.8. The lowest BCUT2D eigenvalue weighted by Gasteiger charge is -2.45. The van der Waals surface area contributed by atoms with E-state index >= 15 is 0 Å². The van der Waals surface area contributed by atoms with Gasteiger partial charge in [0.15, 0.2) is 0 Å². The van der Waals surface area contributed by atoms with Gasteiger partial charge in [-0.2, -0.15) is 0 Å². The van der Waals surface area contributed by atoms with Gasteiger partial charge in [0.2, 0.25) is 0 Å². The number of ether oxygens (including phenoxy) is 1. The van der Waals surface area contributed by atoms with Crippen LogP contribution in [0.3, 0.4) is 0 Å². The Hall–Kier alpha value is -0.850. The molecule has 7 heteroatoms. The highest BCUT2D eigenvalue weighted by Crippen LogP contribution is 2.39. The van der Waals surface area contributed by atoms with Crippen molar-refractivity contribution < 1.29 is 9.53 Å². The van der Waals surface area contributed by atoms with Gasteiger partial charge in [-0.3, -0.25) is 9.69 Å². The third-order valence-electron chi connectivity index (χ3n) is 6.38. The summed E-state index contributed by atoms with van der Waals surface area (Å²) in [4.78, 5) is 15.2. The van der Waals surface area contributed by atoms with Crippen molar-refractivity contribution in [3.63, 3.8) is 0 Å². The summed E-state index contributed by atoms with van der Waals surface area (Å²) in [7, 11) is 0. The van der Waals surface area contributed by atoms with E-state index in [-0.39, 0.29) is 36.8 Å². The first-order valence-corrected chi connectivity index (χ1v) is 10.1. The van der Waals surface area contributed by atoms with Crippen LogP contribution in [-0.4, -0.2) is 48.7 Å². The maximum Gasteiger partial charge on any atom is 0.250 e. The molecule has 3 unspecified atom stereocenters. The molecule has 5 nitrogen and oxygen atoms in total. The minimum Gasteiger partial charge on any atom is -0.366 e. The van der Waals surface area contributed by atoms with Crippen molar-refractivity contribution in [3.05, 3.63) is 35.9 Å². The zero-order valence-corrected chi connectivity index (χ0v) is 17.9. The number of carbonyl (C=O) groups excluding carboxylic acids is 1. The van der Waals surface area contributed by atoms with Crippen LogP contribution in [0.5, 0.6) is 0 Å². The molecule has 1 aromatic rings. The monoisotopic (exact) mass is 429 g/mol. The molecule has 3 N–H and O–H groups in total. The molecule has 1 aromatic carbocycles. The summed E-state index contributed by atoms with van der Waals surface area (Å²) in [5.41, 5.74) is 7.49. The molecule has 2 aliphatic carbocycles. The molecule has 3 fully saturated rings. The molecule has 2 saturated carbocycles. The van der Waals surface area contributed by atoms with E-state index in [1.54, 1.807) is 0 Å². The molecule has 0 aromatic heterocycles. The largest absolute Gasteiger partial charge is 0.366 e. The summed E-state index contributed by atoms with van der Waals surface area (Å²) in [6.07, 6.45) is 5.41. The first kappa shape index (κ1) is 23.4. The number of morpholine rings is 1. The van der Waals surface area contributed by atoms with E-state index in [1.807, 2.05) is 6.07 Å². The third kappa shape index (κ3) is 5.61. The molecule has 1 saturated heterocycles. The maximum absolute atomic E-state index is 12.9. The van der Waals surface area contributed by atoms with Crippen molar-refractivity contribution in [2.75, 3.05) is 19.7 Å². The number of rotatable bonds is 4.